The molecule has 2 N–H and O–H groups in total. The van der Waals surface area contributed by atoms with Gasteiger partial charge in [0.25, 0.3) is 5.91 Å². The number of amides is 1. The molecule has 0 spiro atoms. The predicted octanol–water partition coefficient (Wildman–Crippen LogP) is 3.47. The molecule has 2 aromatic carbocycles. The highest BCUT2D eigenvalue weighted by Gasteiger charge is 2.13. The Balaban J connectivity index is 1.64. The summed E-state index contributed by atoms with van der Waals surface area (Å²) >= 11 is 0. The van der Waals surface area contributed by atoms with Crippen molar-refractivity contribution < 1.29 is 18.7 Å². The number of rotatable bonds is 7. The molecule has 148 valence electrons. The van der Waals surface area contributed by atoms with E-state index in [1.807, 2.05) is 0 Å². The number of hydrogen-bond acceptors (Lipinski definition) is 6. The number of carbonyl (C=O) groups excluding carboxylic acids is 2. The lowest BCUT2D eigenvalue weighted by Crippen LogP contribution is -2.24. The first-order chi connectivity index (χ1) is 14.1. The number of hydrogen-bond donors (Lipinski definition) is 2. The second-order valence-corrected chi connectivity index (χ2v) is 6.00. The molecule has 1 heterocycles. The van der Waals surface area contributed by atoms with Crippen LogP contribution in [0.1, 0.15) is 33.3 Å². The monoisotopic (exact) mass is 394 g/mol. The molecule has 29 heavy (non-hydrogen) atoms. The van der Waals surface area contributed by atoms with Crippen molar-refractivity contribution in [2.24, 2.45) is 0 Å². The van der Waals surface area contributed by atoms with Crippen molar-refractivity contribution >= 4 is 23.4 Å². The van der Waals surface area contributed by atoms with Crippen LogP contribution in [-0.2, 0) is 11.3 Å². The molecule has 3 rings (SSSR count). The van der Waals surface area contributed by atoms with Gasteiger partial charge in [-0.2, -0.15) is 0 Å². The molecule has 0 aliphatic carbocycles. The first-order valence-electron chi connectivity index (χ1n) is 8.96. The number of carbonyl (C=O) groups is 2. The minimum atomic E-state index is -0.444. The SMILES string of the molecule is CCOC(=O)c1ccccc1Nc1ccc(C(=O)NCc2ccc(F)cc2)nn1. The fourth-order valence-corrected chi connectivity index (χ4v) is 2.51. The Bertz CT molecular complexity index is 992. The maximum Gasteiger partial charge on any atom is 0.340 e. The van der Waals surface area contributed by atoms with Gasteiger partial charge in [-0.05, 0) is 48.9 Å². The fourth-order valence-electron chi connectivity index (χ4n) is 2.51. The van der Waals surface area contributed by atoms with Gasteiger partial charge in [-0.25, -0.2) is 9.18 Å². The molecule has 0 radical (unpaired) electrons. The summed E-state index contributed by atoms with van der Waals surface area (Å²) in [4.78, 5) is 24.2. The Hall–Kier alpha value is -3.81. The van der Waals surface area contributed by atoms with Crippen LogP contribution in [-0.4, -0.2) is 28.7 Å². The summed E-state index contributed by atoms with van der Waals surface area (Å²) in [6.45, 7) is 2.25. The van der Waals surface area contributed by atoms with Gasteiger partial charge in [0.2, 0.25) is 0 Å². The van der Waals surface area contributed by atoms with E-state index in [9.17, 15) is 14.0 Å². The molecular formula is C21H19FN4O3. The molecule has 0 fully saturated rings. The summed E-state index contributed by atoms with van der Waals surface area (Å²) in [7, 11) is 0. The van der Waals surface area contributed by atoms with E-state index in [4.69, 9.17) is 4.74 Å². The Kier molecular flexibility index (Phi) is 6.47. The van der Waals surface area contributed by atoms with Crippen LogP contribution in [0.2, 0.25) is 0 Å². The van der Waals surface area contributed by atoms with Crippen molar-refractivity contribution in [3.63, 3.8) is 0 Å². The molecule has 3 aromatic rings. The van der Waals surface area contributed by atoms with Gasteiger partial charge in [-0.1, -0.05) is 24.3 Å². The maximum atomic E-state index is 12.9. The van der Waals surface area contributed by atoms with Crippen LogP contribution in [0.25, 0.3) is 0 Å². The number of aromatic nitrogens is 2. The summed E-state index contributed by atoms with van der Waals surface area (Å²) in [5.41, 5.74) is 1.80. The molecule has 0 saturated heterocycles. The van der Waals surface area contributed by atoms with E-state index in [1.54, 1.807) is 49.4 Å². The Morgan fingerprint density at radius 1 is 1.00 bits per heavy atom. The second-order valence-electron chi connectivity index (χ2n) is 6.00. The van der Waals surface area contributed by atoms with Gasteiger partial charge in [-0.15, -0.1) is 10.2 Å². The molecule has 0 atom stereocenters. The molecule has 1 aromatic heterocycles. The van der Waals surface area contributed by atoms with Crippen molar-refractivity contribution in [3.05, 3.63) is 83.3 Å². The standard InChI is InChI=1S/C21H19FN4O3/c1-2-29-21(28)16-5-3-4-6-17(16)24-19-12-11-18(25-26-19)20(27)23-13-14-7-9-15(22)10-8-14/h3-12H,2,13H2,1H3,(H,23,27)(H,24,26). The third-order valence-corrected chi connectivity index (χ3v) is 3.95. The lowest BCUT2D eigenvalue weighted by atomic mass is 10.2. The molecule has 7 nitrogen and oxygen atoms in total. The minimum absolute atomic E-state index is 0.135. The number of nitrogens with one attached hydrogen (secondary N) is 2. The van der Waals surface area contributed by atoms with Crippen LogP contribution in [0.5, 0.6) is 0 Å². The van der Waals surface area contributed by atoms with E-state index in [0.29, 0.717) is 17.1 Å². The Morgan fingerprint density at radius 2 is 1.76 bits per heavy atom. The molecule has 0 unspecified atom stereocenters. The summed E-state index contributed by atoms with van der Waals surface area (Å²) in [6.07, 6.45) is 0. The summed E-state index contributed by atoms with van der Waals surface area (Å²) in [6, 6.07) is 15.8. The van der Waals surface area contributed by atoms with Gasteiger partial charge in [0.15, 0.2) is 11.5 Å². The number of nitrogens with zero attached hydrogens (tertiary/aromatic N) is 2. The topological polar surface area (TPSA) is 93.2 Å². The van der Waals surface area contributed by atoms with E-state index >= 15 is 0 Å². The van der Waals surface area contributed by atoms with Crippen molar-refractivity contribution in [1.82, 2.24) is 15.5 Å². The highest BCUT2D eigenvalue weighted by Crippen LogP contribution is 2.20. The number of benzene rings is 2. The molecule has 0 aliphatic rings. The number of anilines is 2. The third-order valence-electron chi connectivity index (χ3n) is 3.95. The number of ether oxygens (including phenoxy) is 1. The van der Waals surface area contributed by atoms with Crippen LogP contribution < -0.4 is 10.6 Å². The van der Waals surface area contributed by atoms with Crippen LogP contribution in [0, 0.1) is 5.82 Å². The summed E-state index contributed by atoms with van der Waals surface area (Å²) < 4.78 is 18.0. The van der Waals surface area contributed by atoms with Crippen molar-refractivity contribution in [1.29, 1.82) is 0 Å². The fraction of sp³-hybridized carbons (Fsp3) is 0.143. The quantitative estimate of drug-likeness (QED) is 0.596. The molecule has 1 amide bonds. The Morgan fingerprint density at radius 3 is 2.45 bits per heavy atom. The highest BCUT2D eigenvalue weighted by atomic mass is 19.1. The Labute approximate surface area is 166 Å². The summed E-state index contributed by atoms with van der Waals surface area (Å²) in [5.74, 6) is -0.809. The maximum absolute atomic E-state index is 12.9. The van der Waals surface area contributed by atoms with Gasteiger partial charge >= 0.3 is 5.97 Å². The van der Waals surface area contributed by atoms with E-state index in [0.717, 1.165) is 5.56 Å². The van der Waals surface area contributed by atoms with Gasteiger partial charge in [0.1, 0.15) is 5.82 Å². The highest BCUT2D eigenvalue weighted by molar-refractivity contribution is 5.96. The van der Waals surface area contributed by atoms with Crippen LogP contribution >= 0.6 is 0 Å². The molecule has 8 heteroatoms. The van der Waals surface area contributed by atoms with Crippen molar-refractivity contribution in [2.75, 3.05) is 11.9 Å². The van der Waals surface area contributed by atoms with Crippen LogP contribution in [0.4, 0.5) is 15.9 Å². The van der Waals surface area contributed by atoms with E-state index < -0.39 is 11.9 Å². The minimum Gasteiger partial charge on any atom is -0.462 e. The molecule has 0 bridgehead atoms. The normalized spacial score (nSPS) is 10.3. The summed E-state index contributed by atoms with van der Waals surface area (Å²) in [5, 5.41) is 13.6. The van der Waals surface area contributed by atoms with Gasteiger partial charge in [0.05, 0.1) is 17.9 Å². The average Bonchev–Trinajstić information content (AvgIpc) is 2.74. The third kappa shape index (κ3) is 5.35. The van der Waals surface area contributed by atoms with Crippen LogP contribution in [0.15, 0.2) is 60.7 Å². The first-order valence-corrected chi connectivity index (χ1v) is 8.96. The van der Waals surface area contributed by atoms with Gasteiger partial charge in [-0.3, -0.25) is 4.79 Å². The van der Waals surface area contributed by atoms with Crippen LogP contribution in [0.3, 0.4) is 0 Å². The van der Waals surface area contributed by atoms with Crippen molar-refractivity contribution in [3.8, 4) is 0 Å². The van der Waals surface area contributed by atoms with E-state index in [1.165, 1.54) is 18.2 Å². The zero-order valence-electron chi connectivity index (χ0n) is 15.7. The smallest absolute Gasteiger partial charge is 0.340 e. The van der Waals surface area contributed by atoms with Gasteiger partial charge in [0, 0.05) is 6.54 Å². The zero-order chi connectivity index (χ0) is 20.6. The predicted molar refractivity (Wildman–Crippen MR) is 105 cm³/mol. The largest absolute Gasteiger partial charge is 0.462 e. The van der Waals surface area contributed by atoms with E-state index in [2.05, 4.69) is 20.8 Å². The molecule has 0 aliphatic heterocycles. The first kappa shape index (κ1) is 19.9. The average molecular weight is 394 g/mol. The van der Waals surface area contributed by atoms with E-state index in [-0.39, 0.29) is 24.7 Å². The molecule has 0 saturated carbocycles. The van der Waals surface area contributed by atoms with Gasteiger partial charge < -0.3 is 15.4 Å². The number of esters is 1. The second kappa shape index (κ2) is 9.41. The zero-order valence-corrected chi connectivity index (χ0v) is 15.7. The molecular weight excluding hydrogens is 375 g/mol. The van der Waals surface area contributed by atoms with Crippen molar-refractivity contribution in [2.45, 2.75) is 13.5 Å². The lowest BCUT2D eigenvalue weighted by Gasteiger charge is -2.10. The lowest BCUT2D eigenvalue weighted by molar-refractivity contribution is 0.0527. The number of para-hydroxylation sites is 1. The number of halogens is 1.